The number of hydrogen-bond acceptors (Lipinski definition) is 3. The summed E-state index contributed by atoms with van der Waals surface area (Å²) in [5.74, 6) is -0.612. The maximum atomic E-state index is 14.3. The number of rotatable bonds is 6. The Bertz CT molecular complexity index is 710. The molecule has 0 radical (unpaired) electrons. The van der Waals surface area contributed by atoms with Gasteiger partial charge >= 0.3 is 7.12 Å². The molecule has 0 amide bonds. The van der Waals surface area contributed by atoms with E-state index in [1.165, 1.54) is 30.3 Å². The van der Waals surface area contributed by atoms with Crippen LogP contribution in [0.5, 0.6) is 11.5 Å². The Morgan fingerprint density at radius 3 is 2.29 bits per heavy atom. The van der Waals surface area contributed by atoms with E-state index in [9.17, 15) is 13.8 Å². The van der Waals surface area contributed by atoms with Crippen LogP contribution in [0, 0.1) is 11.6 Å². The molecule has 3 nitrogen and oxygen atoms in total. The Hall–Kier alpha value is -1.49. The van der Waals surface area contributed by atoms with Crippen molar-refractivity contribution < 1.29 is 23.2 Å². The molecule has 0 saturated carbocycles. The maximum absolute atomic E-state index is 14.3. The summed E-state index contributed by atoms with van der Waals surface area (Å²) in [6, 6.07) is 9.62. The van der Waals surface area contributed by atoms with Crippen molar-refractivity contribution in [1.29, 1.82) is 0 Å². The molecule has 1 N–H and O–H groups in total. The number of ether oxygens (including phenoxy) is 1. The highest BCUT2D eigenvalue weighted by atomic mass is 31.1. The molecule has 0 spiro atoms. The molecule has 0 aliphatic carbocycles. The molecule has 0 unspecified atom stereocenters. The molecule has 0 aliphatic rings. The zero-order chi connectivity index (χ0) is 17.9. The molecule has 7 heteroatoms. The number of hydrogen-bond donors (Lipinski definition) is 1. The summed E-state index contributed by atoms with van der Waals surface area (Å²) in [4.78, 5) is 0. The second-order valence-electron chi connectivity index (χ2n) is 6.05. The Kier molecular flexibility index (Phi) is 5.97. The molecule has 2 aromatic carbocycles. The first-order valence-corrected chi connectivity index (χ1v) is 9.69. The topological polar surface area (TPSA) is 38.7 Å². The van der Waals surface area contributed by atoms with Crippen LogP contribution in [0.3, 0.4) is 0 Å². The summed E-state index contributed by atoms with van der Waals surface area (Å²) in [7, 11) is -1.85. The molecule has 128 valence electrons. The average molecular weight is 352 g/mol. The van der Waals surface area contributed by atoms with E-state index in [4.69, 9.17) is 9.39 Å². The van der Waals surface area contributed by atoms with Crippen LogP contribution in [0.2, 0.25) is 0 Å². The molecule has 2 aromatic rings. The van der Waals surface area contributed by atoms with Gasteiger partial charge in [-0.25, -0.2) is 8.78 Å². The number of halogens is 2. The molecule has 0 heterocycles. The van der Waals surface area contributed by atoms with Gasteiger partial charge < -0.3 is 14.4 Å². The van der Waals surface area contributed by atoms with E-state index >= 15 is 0 Å². The Balaban J connectivity index is 2.14. The first-order valence-electron chi connectivity index (χ1n) is 7.45. The van der Waals surface area contributed by atoms with E-state index in [2.05, 4.69) is 0 Å². The van der Waals surface area contributed by atoms with Gasteiger partial charge in [0.05, 0.1) is 5.34 Å². The molecular weight excluding hydrogens is 332 g/mol. The van der Waals surface area contributed by atoms with E-state index < -0.39 is 32.0 Å². The van der Waals surface area contributed by atoms with Crippen molar-refractivity contribution in [2.45, 2.75) is 19.2 Å². The third kappa shape index (κ3) is 4.76. The van der Waals surface area contributed by atoms with Crippen LogP contribution in [-0.2, 0) is 4.65 Å². The van der Waals surface area contributed by atoms with Crippen LogP contribution < -0.4 is 10.2 Å². The summed E-state index contributed by atoms with van der Waals surface area (Å²) in [6.45, 7) is 7.77. The summed E-state index contributed by atoms with van der Waals surface area (Å²) in [6.07, 6.45) is 0. The van der Waals surface area contributed by atoms with Crippen molar-refractivity contribution in [3.8, 4) is 11.5 Å². The molecule has 0 aliphatic heterocycles. The Morgan fingerprint density at radius 1 is 1.04 bits per heavy atom. The van der Waals surface area contributed by atoms with Crippen LogP contribution >= 0.6 is 7.92 Å². The normalized spacial score (nSPS) is 11.7. The first kappa shape index (κ1) is 18.8. The van der Waals surface area contributed by atoms with Crippen LogP contribution in [0.1, 0.15) is 13.8 Å². The van der Waals surface area contributed by atoms with Crippen molar-refractivity contribution in [3.63, 3.8) is 0 Å². The van der Waals surface area contributed by atoms with Gasteiger partial charge in [0.1, 0.15) is 23.1 Å². The van der Waals surface area contributed by atoms with E-state index in [1.54, 1.807) is 6.07 Å². The van der Waals surface area contributed by atoms with Gasteiger partial charge in [-0.15, -0.1) is 0 Å². The van der Waals surface area contributed by atoms with Crippen molar-refractivity contribution in [2.75, 3.05) is 13.3 Å². The lowest BCUT2D eigenvalue weighted by atomic mass is 9.78. The minimum absolute atomic E-state index is 0.0338. The second kappa shape index (κ2) is 7.60. The van der Waals surface area contributed by atoms with Gasteiger partial charge in [-0.1, -0.05) is 20.1 Å². The minimum atomic E-state index is -1.37. The van der Waals surface area contributed by atoms with Crippen LogP contribution in [-0.4, -0.2) is 30.8 Å². The van der Waals surface area contributed by atoms with Crippen LogP contribution in [0.15, 0.2) is 42.5 Å². The van der Waals surface area contributed by atoms with E-state index in [0.717, 1.165) is 6.07 Å². The third-order valence-electron chi connectivity index (χ3n) is 3.75. The summed E-state index contributed by atoms with van der Waals surface area (Å²) in [5.41, 5.74) is 0.0338. The molecule has 0 bridgehead atoms. The van der Waals surface area contributed by atoms with E-state index in [1.807, 2.05) is 27.2 Å². The first-order chi connectivity index (χ1) is 11.2. The molecule has 0 fully saturated rings. The molecule has 0 saturated heterocycles. The molecule has 2 rings (SSSR count). The number of benzene rings is 2. The van der Waals surface area contributed by atoms with Gasteiger partial charge in [0, 0.05) is 17.6 Å². The van der Waals surface area contributed by atoms with Gasteiger partial charge in [0.25, 0.3) is 0 Å². The lowest BCUT2D eigenvalue weighted by Gasteiger charge is -2.31. The predicted octanol–water partition coefficient (Wildman–Crippen LogP) is 3.94. The summed E-state index contributed by atoms with van der Waals surface area (Å²) in [5, 5.41) is 9.62. The van der Waals surface area contributed by atoms with Gasteiger partial charge in [-0.2, -0.15) is 0 Å². The van der Waals surface area contributed by atoms with Gasteiger partial charge in [0.15, 0.2) is 0 Å². The van der Waals surface area contributed by atoms with Crippen molar-refractivity contribution in [1.82, 2.24) is 0 Å². The zero-order valence-electron chi connectivity index (χ0n) is 14.1. The van der Waals surface area contributed by atoms with Crippen molar-refractivity contribution >= 4 is 20.5 Å². The third-order valence-corrected chi connectivity index (χ3v) is 6.01. The monoisotopic (exact) mass is 352 g/mol. The highest BCUT2D eigenvalue weighted by molar-refractivity contribution is 7.57. The second-order valence-corrected chi connectivity index (χ2v) is 8.92. The lowest BCUT2D eigenvalue weighted by molar-refractivity contribution is 0.170. The minimum Gasteiger partial charge on any atom is -0.457 e. The zero-order valence-corrected chi connectivity index (χ0v) is 15.0. The van der Waals surface area contributed by atoms with Gasteiger partial charge in [-0.05, 0) is 45.4 Å². The van der Waals surface area contributed by atoms with Crippen molar-refractivity contribution in [2.24, 2.45) is 0 Å². The fraction of sp³-hybridized carbons (Fsp3) is 0.294. The van der Waals surface area contributed by atoms with Gasteiger partial charge in [-0.3, -0.25) is 0 Å². The maximum Gasteiger partial charge on any atom is 0.494 e. The standard InChI is InChI=1S/C17H20BF2O3P/c1-17(2,24(3)4)23-18(21)15-9-8-14(11-16(15)20)22-13-7-5-6-12(19)10-13/h5-11,21H,1-4H3. The Labute approximate surface area is 142 Å². The molecular formula is C17H20BF2O3P. The fourth-order valence-electron chi connectivity index (χ4n) is 1.88. The van der Waals surface area contributed by atoms with E-state index in [0.29, 0.717) is 0 Å². The Morgan fingerprint density at radius 2 is 1.71 bits per heavy atom. The summed E-state index contributed by atoms with van der Waals surface area (Å²) >= 11 is 0. The quantitative estimate of drug-likeness (QED) is 0.632. The average Bonchev–Trinajstić information content (AvgIpc) is 2.46. The molecule has 0 atom stereocenters. The summed E-state index contributed by atoms with van der Waals surface area (Å²) < 4.78 is 38.4. The van der Waals surface area contributed by atoms with E-state index in [-0.39, 0.29) is 17.0 Å². The fourth-order valence-corrected chi connectivity index (χ4v) is 2.19. The smallest absolute Gasteiger partial charge is 0.457 e. The predicted molar refractivity (Wildman–Crippen MR) is 94.4 cm³/mol. The van der Waals surface area contributed by atoms with Gasteiger partial charge in [0.2, 0.25) is 0 Å². The molecule has 0 aromatic heterocycles. The van der Waals surface area contributed by atoms with Crippen LogP contribution in [0.4, 0.5) is 8.78 Å². The molecule has 24 heavy (non-hydrogen) atoms. The van der Waals surface area contributed by atoms with Crippen molar-refractivity contribution in [3.05, 3.63) is 54.1 Å². The SMILES string of the molecule is CP(C)C(C)(C)OB(O)c1ccc(Oc2cccc(F)c2)cc1F. The lowest BCUT2D eigenvalue weighted by Crippen LogP contribution is -2.42. The largest absolute Gasteiger partial charge is 0.494 e. The highest BCUT2D eigenvalue weighted by Gasteiger charge is 2.31. The van der Waals surface area contributed by atoms with Crippen LogP contribution in [0.25, 0.3) is 0 Å². The highest BCUT2D eigenvalue weighted by Crippen LogP contribution is 2.43.